The number of hydrogen-bond donors (Lipinski definition) is 0. The van der Waals surface area contributed by atoms with Crippen molar-refractivity contribution in [3.63, 3.8) is 0 Å². The fraction of sp³-hybridized carbons (Fsp3) is 0.500. The Kier molecular flexibility index (Phi) is 2.28. The Balaban J connectivity index is 2.35. The van der Waals surface area contributed by atoms with E-state index in [4.69, 9.17) is 4.42 Å². The second-order valence-corrected chi connectivity index (χ2v) is 4.37. The Morgan fingerprint density at radius 1 is 1.38 bits per heavy atom. The molecule has 1 heterocycles. The van der Waals surface area contributed by atoms with Crippen molar-refractivity contribution in [2.24, 2.45) is 0 Å². The number of halogens is 1. The predicted octanol–water partition coefficient (Wildman–Crippen LogP) is 3.05. The summed E-state index contributed by atoms with van der Waals surface area (Å²) in [7, 11) is 0. The zero-order chi connectivity index (χ0) is 9.31. The highest BCUT2D eigenvalue weighted by Crippen LogP contribution is 2.40. The Bertz CT molecular complexity index is 310. The van der Waals surface area contributed by atoms with Crippen molar-refractivity contribution in [1.29, 1.82) is 0 Å². The van der Waals surface area contributed by atoms with Crippen LogP contribution in [-0.4, -0.2) is 6.29 Å². The molecule has 70 valence electrons. The van der Waals surface area contributed by atoms with Crippen molar-refractivity contribution in [1.82, 2.24) is 0 Å². The average molecular weight is 243 g/mol. The van der Waals surface area contributed by atoms with Crippen LogP contribution >= 0.6 is 15.9 Å². The van der Waals surface area contributed by atoms with Gasteiger partial charge in [-0.05, 0) is 40.9 Å². The van der Waals surface area contributed by atoms with Crippen LogP contribution in [0.15, 0.2) is 21.2 Å². The number of rotatable bonds is 2. The third-order valence-corrected chi connectivity index (χ3v) is 3.21. The van der Waals surface area contributed by atoms with Gasteiger partial charge in [-0.3, -0.25) is 0 Å². The molecular formula is C10H11BrO2. The third-order valence-electron chi connectivity index (χ3n) is 2.79. The molecule has 0 saturated heterocycles. The van der Waals surface area contributed by atoms with Crippen LogP contribution in [-0.2, 0) is 10.2 Å². The van der Waals surface area contributed by atoms with Gasteiger partial charge in [0.15, 0.2) is 4.67 Å². The topological polar surface area (TPSA) is 30.2 Å². The summed E-state index contributed by atoms with van der Waals surface area (Å²) >= 11 is 3.25. The van der Waals surface area contributed by atoms with Crippen LogP contribution in [0.2, 0.25) is 0 Å². The van der Waals surface area contributed by atoms with Gasteiger partial charge in [-0.1, -0.05) is 12.8 Å². The lowest BCUT2D eigenvalue weighted by Crippen LogP contribution is -2.22. The molecule has 0 amide bonds. The van der Waals surface area contributed by atoms with Gasteiger partial charge in [0.2, 0.25) is 0 Å². The van der Waals surface area contributed by atoms with Crippen LogP contribution in [0.25, 0.3) is 0 Å². The van der Waals surface area contributed by atoms with Gasteiger partial charge < -0.3 is 9.21 Å². The van der Waals surface area contributed by atoms with E-state index in [1.807, 2.05) is 12.1 Å². The Morgan fingerprint density at radius 2 is 2.08 bits per heavy atom. The van der Waals surface area contributed by atoms with Crippen molar-refractivity contribution >= 4 is 22.2 Å². The van der Waals surface area contributed by atoms with E-state index in [9.17, 15) is 4.79 Å². The maximum Gasteiger partial charge on any atom is 0.169 e. The Hall–Kier alpha value is -0.570. The number of carbonyl (C=O) groups excluding carboxylic acids is 1. The SMILES string of the molecule is O=CC1(c2ccc(Br)o2)CCCC1. The molecule has 13 heavy (non-hydrogen) atoms. The molecule has 2 nitrogen and oxygen atoms in total. The summed E-state index contributed by atoms with van der Waals surface area (Å²) in [6.07, 6.45) is 5.15. The molecule has 1 aromatic rings. The minimum absolute atomic E-state index is 0.327. The van der Waals surface area contributed by atoms with Gasteiger partial charge in [-0.25, -0.2) is 0 Å². The summed E-state index contributed by atoms with van der Waals surface area (Å²) in [5.41, 5.74) is -0.327. The monoisotopic (exact) mass is 242 g/mol. The molecule has 0 bridgehead atoms. The van der Waals surface area contributed by atoms with Crippen LogP contribution in [0.5, 0.6) is 0 Å². The minimum Gasteiger partial charge on any atom is -0.453 e. The summed E-state index contributed by atoms with van der Waals surface area (Å²) in [4.78, 5) is 11.1. The average Bonchev–Trinajstić information content (AvgIpc) is 2.73. The molecule has 1 aliphatic rings. The molecule has 1 aromatic heterocycles. The van der Waals surface area contributed by atoms with Crippen molar-refractivity contribution < 1.29 is 9.21 Å². The lowest BCUT2D eigenvalue weighted by molar-refractivity contribution is -0.113. The van der Waals surface area contributed by atoms with Gasteiger partial charge in [0.1, 0.15) is 12.0 Å². The zero-order valence-corrected chi connectivity index (χ0v) is 8.84. The van der Waals surface area contributed by atoms with Gasteiger partial charge in [0.05, 0.1) is 5.41 Å². The van der Waals surface area contributed by atoms with Gasteiger partial charge in [-0.15, -0.1) is 0 Å². The summed E-state index contributed by atoms with van der Waals surface area (Å²) in [6.45, 7) is 0. The molecular weight excluding hydrogens is 232 g/mol. The van der Waals surface area contributed by atoms with Crippen LogP contribution in [0.3, 0.4) is 0 Å². The first kappa shape index (κ1) is 9.00. The summed E-state index contributed by atoms with van der Waals surface area (Å²) in [5, 5.41) is 0. The van der Waals surface area contributed by atoms with Crippen molar-refractivity contribution in [2.45, 2.75) is 31.1 Å². The lowest BCUT2D eigenvalue weighted by Gasteiger charge is -2.17. The predicted molar refractivity (Wildman–Crippen MR) is 52.6 cm³/mol. The van der Waals surface area contributed by atoms with E-state index in [0.29, 0.717) is 4.67 Å². The van der Waals surface area contributed by atoms with E-state index in [2.05, 4.69) is 15.9 Å². The minimum atomic E-state index is -0.327. The van der Waals surface area contributed by atoms with E-state index in [0.717, 1.165) is 37.7 Å². The second-order valence-electron chi connectivity index (χ2n) is 3.58. The molecule has 1 aliphatic carbocycles. The van der Waals surface area contributed by atoms with E-state index >= 15 is 0 Å². The maximum absolute atomic E-state index is 11.1. The maximum atomic E-state index is 11.1. The molecule has 0 unspecified atom stereocenters. The molecule has 0 radical (unpaired) electrons. The number of carbonyl (C=O) groups is 1. The summed E-state index contributed by atoms with van der Waals surface area (Å²) < 4.78 is 6.15. The molecule has 1 saturated carbocycles. The molecule has 0 N–H and O–H groups in total. The summed E-state index contributed by atoms with van der Waals surface area (Å²) in [6, 6.07) is 3.74. The smallest absolute Gasteiger partial charge is 0.169 e. The van der Waals surface area contributed by atoms with Crippen molar-refractivity contribution in [3.8, 4) is 0 Å². The van der Waals surface area contributed by atoms with Crippen LogP contribution in [0, 0.1) is 0 Å². The standard InChI is InChI=1S/C10H11BrO2/c11-9-4-3-8(13-9)10(7-12)5-1-2-6-10/h3-4,7H,1-2,5-6H2. The Labute approximate surface area is 85.4 Å². The zero-order valence-electron chi connectivity index (χ0n) is 7.25. The largest absolute Gasteiger partial charge is 0.453 e. The van der Waals surface area contributed by atoms with Crippen molar-refractivity contribution in [2.75, 3.05) is 0 Å². The first-order valence-corrected chi connectivity index (χ1v) is 5.28. The highest BCUT2D eigenvalue weighted by atomic mass is 79.9. The molecule has 0 spiro atoms. The number of hydrogen-bond acceptors (Lipinski definition) is 2. The quantitative estimate of drug-likeness (QED) is 0.747. The van der Waals surface area contributed by atoms with Crippen LogP contribution in [0.1, 0.15) is 31.4 Å². The van der Waals surface area contributed by atoms with E-state index in [1.54, 1.807) is 0 Å². The molecule has 3 heteroatoms. The number of furan rings is 1. The van der Waals surface area contributed by atoms with Gasteiger partial charge in [0.25, 0.3) is 0 Å². The molecule has 0 aliphatic heterocycles. The molecule has 2 rings (SSSR count). The number of aldehydes is 1. The van der Waals surface area contributed by atoms with Crippen LogP contribution in [0.4, 0.5) is 0 Å². The van der Waals surface area contributed by atoms with Gasteiger partial charge >= 0.3 is 0 Å². The van der Waals surface area contributed by atoms with E-state index in [1.165, 1.54) is 0 Å². The summed E-state index contributed by atoms with van der Waals surface area (Å²) in [5.74, 6) is 0.812. The fourth-order valence-electron chi connectivity index (χ4n) is 2.01. The second kappa shape index (κ2) is 3.29. The van der Waals surface area contributed by atoms with E-state index in [-0.39, 0.29) is 5.41 Å². The highest BCUT2D eigenvalue weighted by Gasteiger charge is 2.38. The Morgan fingerprint density at radius 3 is 2.54 bits per heavy atom. The van der Waals surface area contributed by atoms with Gasteiger partial charge in [0, 0.05) is 0 Å². The lowest BCUT2D eigenvalue weighted by atomic mass is 9.85. The van der Waals surface area contributed by atoms with Gasteiger partial charge in [-0.2, -0.15) is 0 Å². The first-order chi connectivity index (χ1) is 6.27. The fourth-order valence-corrected chi connectivity index (χ4v) is 2.32. The first-order valence-electron chi connectivity index (χ1n) is 4.49. The highest BCUT2D eigenvalue weighted by molar-refractivity contribution is 9.10. The molecule has 0 atom stereocenters. The normalized spacial score (nSPS) is 20.4. The molecule has 0 aromatic carbocycles. The van der Waals surface area contributed by atoms with Crippen molar-refractivity contribution in [3.05, 3.63) is 22.6 Å². The third kappa shape index (κ3) is 1.46. The van der Waals surface area contributed by atoms with Crippen LogP contribution < -0.4 is 0 Å². The molecule has 1 fully saturated rings. The van der Waals surface area contributed by atoms with E-state index < -0.39 is 0 Å².